The Bertz CT molecular complexity index is 3090. The Morgan fingerprint density at radius 1 is 0.500 bits per heavy atom. The number of rotatable bonds is 9. The van der Waals surface area contributed by atoms with E-state index in [1.165, 1.54) is 72.8 Å². The number of benzene rings is 5. The van der Waals surface area contributed by atoms with Crippen LogP contribution in [0.3, 0.4) is 0 Å². The highest BCUT2D eigenvalue weighted by atomic mass is 32.2. The van der Waals surface area contributed by atoms with Crippen molar-refractivity contribution >= 4 is 105 Å². The number of carbonyl (C=O) groups excluding carboxylic acids is 3. The molecule has 2 aliphatic carbocycles. The molecule has 0 saturated carbocycles. The van der Waals surface area contributed by atoms with Gasteiger partial charge in [-0.1, -0.05) is 30.3 Å². The number of hydrazone groups is 2. The first-order valence-corrected chi connectivity index (χ1v) is 20.8. The summed E-state index contributed by atoms with van der Waals surface area (Å²) in [6.07, 6.45) is 2.01. The van der Waals surface area contributed by atoms with Crippen LogP contribution in [0.5, 0.6) is 0 Å². The molecular weight excluding hydrogens is 817 g/mol. The maximum atomic E-state index is 13.5. The van der Waals surface area contributed by atoms with E-state index in [0.29, 0.717) is 16.5 Å². The Balaban J connectivity index is 1.09. The van der Waals surface area contributed by atoms with Crippen molar-refractivity contribution in [2.24, 2.45) is 10.2 Å². The van der Waals surface area contributed by atoms with E-state index < -0.39 is 69.2 Å². The Kier molecular flexibility index (Phi) is 10.1. The summed E-state index contributed by atoms with van der Waals surface area (Å²) in [4.78, 5) is 37.9. The van der Waals surface area contributed by atoms with Crippen LogP contribution in [-0.2, 0) is 30.4 Å². The van der Waals surface area contributed by atoms with Crippen LogP contribution < -0.4 is 21.5 Å². The van der Waals surface area contributed by atoms with Crippen LogP contribution >= 0.6 is 0 Å². The maximum absolute atomic E-state index is 13.5. The second-order valence-electron chi connectivity index (χ2n) is 12.5. The predicted octanol–water partition coefficient (Wildman–Crippen LogP) is 5.52. The molecule has 18 nitrogen and oxygen atoms in total. The number of hydrogen-bond donors (Lipinski definition) is 7. The SMILES string of the molecule is O=C(Nc1ccc2c(c1)C=C(S(=O)(=O)O)/C(=N/Nc1ccccc1)C2=O)Nc1ccc2c(c1)C=C(S(=O)(=O)O)/C(=N/Nc1ccc3cc(S(=O)(=O)O)ccc3c1)C2=O. The molecule has 5 aromatic rings. The van der Waals surface area contributed by atoms with E-state index in [1.807, 2.05) is 0 Å². The van der Waals surface area contributed by atoms with E-state index >= 15 is 0 Å². The number of amides is 2. The lowest BCUT2D eigenvalue weighted by Crippen LogP contribution is -2.27. The molecule has 0 atom stereocenters. The zero-order valence-electron chi connectivity index (χ0n) is 29.1. The zero-order chi connectivity index (χ0) is 41.6. The summed E-state index contributed by atoms with van der Waals surface area (Å²) in [6, 6.07) is 23.7. The van der Waals surface area contributed by atoms with Crippen molar-refractivity contribution in [2.75, 3.05) is 21.5 Å². The van der Waals surface area contributed by atoms with Gasteiger partial charge in [-0.2, -0.15) is 35.5 Å². The average molecular weight is 843 g/mol. The molecule has 0 radical (unpaired) electrons. The minimum Gasteiger partial charge on any atom is -0.308 e. The van der Waals surface area contributed by atoms with Gasteiger partial charge in [-0.25, -0.2) is 4.79 Å². The van der Waals surface area contributed by atoms with Crippen LogP contribution in [-0.4, -0.2) is 67.9 Å². The van der Waals surface area contributed by atoms with Crippen molar-refractivity contribution < 1.29 is 53.3 Å². The molecule has 21 heteroatoms. The largest absolute Gasteiger partial charge is 0.323 e. The third kappa shape index (κ3) is 8.29. The van der Waals surface area contributed by atoms with Gasteiger partial charge >= 0.3 is 6.03 Å². The molecule has 0 unspecified atom stereocenters. The lowest BCUT2D eigenvalue weighted by atomic mass is 9.94. The smallest absolute Gasteiger partial charge is 0.308 e. The van der Waals surface area contributed by atoms with E-state index in [2.05, 4.69) is 31.7 Å². The number of carbonyl (C=O) groups is 3. The summed E-state index contributed by atoms with van der Waals surface area (Å²) >= 11 is 0. The lowest BCUT2D eigenvalue weighted by Gasteiger charge is -2.18. The number of urea groups is 1. The van der Waals surface area contributed by atoms with Gasteiger partial charge in [0.05, 0.1) is 16.3 Å². The van der Waals surface area contributed by atoms with E-state index in [1.54, 1.807) is 30.3 Å². The monoisotopic (exact) mass is 842 g/mol. The Hall–Kier alpha value is -6.88. The third-order valence-electron chi connectivity index (χ3n) is 8.61. The quantitative estimate of drug-likeness (QED) is 0.0711. The third-order valence-corrected chi connectivity index (χ3v) is 11.2. The fourth-order valence-corrected chi connectivity index (χ4v) is 7.77. The molecule has 58 heavy (non-hydrogen) atoms. The minimum absolute atomic E-state index is 0.00381. The van der Waals surface area contributed by atoms with Crippen LogP contribution in [0.25, 0.3) is 22.9 Å². The molecule has 0 bridgehead atoms. The van der Waals surface area contributed by atoms with Gasteiger partial charge in [0.1, 0.15) is 9.81 Å². The van der Waals surface area contributed by atoms with Gasteiger partial charge < -0.3 is 10.6 Å². The van der Waals surface area contributed by atoms with Crippen molar-refractivity contribution in [2.45, 2.75) is 4.90 Å². The first-order valence-electron chi connectivity index (χ1n) is 16.4. The first-order chi connectivity index (χ1) is 27.3. The maximum Gasteiger partial charge on any atom is 0.323 e. The summed E-state index contributed by atoms with van der Waals surface area (Å²) in [6.45, 7) is 0. The van der Waals surface area contributed by atoms with E-state index in [4.69, 9.17) is 0 Å². The Morgan fingerprint density at radius 3 is 1.47 bits per heavy atom. The molecule has 0 heterocycles. The molecule has 0 saturated heterocycles. The fourth-order valence-electron chi connectivity index (χ4n) is 5.94. The first kappa shape index (κ1) is 39.4. The van der Waals surface area contributed by atoms with Crippen molar-refractivity contribution in [3.05, 3.63) is 135 Å². The number of allylic oxidation sites excluding steroid dienone is 2. The lowest BCUT2D eigenvalue weighted by molar-refractivity contribution is 0.105. The van der Waals surface area contributed by atoms with Crippen LogP contribution in [0, 0.1) is 0 Å². The molecule has 0 aromatic heterocycles. The highest BCUT2D eigenvalue weighted by Crippen LogP contribution is 2.31. The van der Waals surface area contributed by atoms with Crippen molar-refractivity contribution in [3.8, 4) is 0 Å². The van der Waals surface area contributed by atoms with Crippen LogP contribution in [0.2, 0.25) is 0 Å². The van der Waals surface area contributed by atoms with Crippen LogP contribution in [0.1, 0.15) is 31.8 Å². The molecule has 294 valence electrons. The molecule has 7 rings (SSSR count). The van der Waals surface area contributed by atoms with Gasteiger partial charge in [-0.05, 0) is 107 Å². The average Bonchev–Trinajstić information content (AvgIpc) is 3.16. The van der Waals surface area contributed by atoms with Gasteiger partial charge in [0.15, 0.2) is 11.4 Å². The summed E-state index contributed by atoms with van der Waals surface area (Å²) in [5.41, 5.74) is 4.87. The summed E-state index contributed by atoms with van der Waals surface area (Å²) in [5, 5.41) is 13.9. The summed E-state index contributed by atoms with van der Waals surface area (Å²) < 4.78 is 102. The number of fused-ring (bicyclic) bond motifs is 3. The van der Waals surface area contributed by atoms with Gasteiger partial charge in [0.2, 0.25) is 11.6 Å². The van der Waals surface area contributed by atoms with Gasteiger partial charge in [0, 0.05) is 22.5 Å². The van der Waals surface area contributed by atoms with Crippen LogP contribution in [0.4, 0.5) is 27.5 Å². The summed E-state index contributed by atoms with van der Waals surface area (Å²) in [5.74, 6) is -1.71. The Labute approximate surface area is 328 Å². The molecule has 0 spiro atoms. The van der Waals surface area contributed by atoms with Crippen molar-refractivity contribution in [1.29, 1.82) is 0 Å². The standard InChI is InChI=1S/C37H26N6O12S3/c44-35-29-12-9-25(15-22(29)18-31(57(50,51)52)33(35)42-40-24-4-2-1-3-5-24)38-37(46)39-26-10-13-30-23(16-26)19-32(58(53,54)55)34(36(30)45)43-41-27-8-6-21-17-28(56(47,48)49)11-7-20(21)14-27/h1-19,40-41H,(H2,38,39,46)(H,47,48,49)(H,50,51,52)(H,53,54,55)/b42-33-,43-34-. The molecule has 0 fully saturated rings. The van der Waals surface area contributed by atoms with E-state index in [0.717, 1.165) is 12.2 Å². The Morgan fingerprint density at radius 2 is 0.966 bits per heavy atom. The number of ketones is 2. The molecule has 5 aromatic carbocycles. The van der Waals surface area contributed by atoms with Gasteiger partial charge in [-0.3, -0.25) is 34.1 Å². The number of para-hydroxylation sites is 1. The van der Waals surface area contributed by atoms with Crippen LogP contribution in [0.15, 0.2) is 128 Å². The van der Waals surface area contributed by atoms with Gasteiger partial charge in [-0.15, -0.1) is 0 Å². The molecule has 7 N–H and O–H groups in total. The zero-order valence-corrected chi connectivity index (χ0v) is 31.6. The van der Waals surface area contributed by atoms with E-state index in [9.17, 15) is 53.3 Å². The predicted molar refractivity (Wildman–Crippen MR) is 216 cm³/mol. The van der Waals surface area contributed by atoms with Crippen molar-refractivity contribution in [1.82, 2.24) is 0 Å². The second kappa shape index (κ2) is 14.9. The van der Waals surface area contributed by atoms with Crippen molar-refractivity contribution in [3.63, 3.8) is 0 Å². The highest BCUT2D eigenvalue weighted by Gasteiger charge is 2.34. The minimum atomic E-state index is -5.03. The number of nitrogens with one attached hydrogen (secondary N) is 4. The number of Topliss-reactive ketones (excluding diaryl/α,β-unsaturated/α-hetero) is 2. The number of nitrogens with zero attached hydrogens (tertiary/aromatic N) is 2. The normalized spacial score (nSPS) is 15.6. The number of anilines is 4. The molecule has 2 amide bonds. The molecule has 2 aliphatic rings. The summed E-state index contributed by atoms with van der Waals surface area (Å²) in [7, 11) is -14.4. The molecule has 0 aliphatic heterocycles. The fraction of sp³-hybridized carbons (Fsp3) is 0. The second-order valence-corrected chi connectivity index (χ2v) is 16.7. The van der Waals surface area contributed by atoms with Gasteiger partial charge in [0.25, 0.3) is 30.4 Å². The molecular formula is C37H26N6O12S3. The highest BCUT2D eigenvalue weighted by molar-refractivity contribution is 7.91. The number of hydrogen-bond acceptors (Lipinski definition) is 13. The topological polar surface area (TPSA) is 287 Å². The van der Waals surface area contributed by atoms with E-state index in [-0.39, 0.29) is 44.2 Å².